The summed E-state index contributed by atoms with van der Waals surface area (Å²) in [6.45, 7) is 0. The highest BCUT2D eigenvalue weighted by Crippen LogP contribution is 2.33. The molecule has 1 aromatic carbocycles. The number of nitrogens with zero attached hydrogens (tertiary/aromatic N) is 1. The number of halogens is 4. The summed E-state index contributed by atoms with van der Waals surface area (Å²) in [5, 5.41) is 0. The van der Waals surface area contributed by atoms with Crippen molar-refractivity contribution >= 4 is 21.6 Å². The van der Waals surface area contributed by atoms with Gasteiger partial charge in [0.05, 0.1) is 4.47 Å². The largest absolute Gasteiger partial charge is 0.438 e. The topological polar surface area (TPSA) is 48.1 Å². The fourth-order valence-corrected chi connectivity index (χ4v) is 1.67. The molecule has 0 spiro atoms. The molecule has 7 heteroatoms. The average molecular weight is 333 g/mol. The Kier molecular flexibility index (Phi) is 3.66. The van der Waals surface area contributed by atoms with E-state index in [2.05, 4.69) is 20.9 Å². The molecule has 0 bridgehead atoms. The Labute approximate surface area is 115 Å². The summed E-state index contributed by atoms with van der Waals surface area (Å²) in [7, 11) is 0. The quantitative estimate of drug-likeness (QED) is 0.837. The molecule has 0 radical (unpaired) electrons. The summed E-state index contributed by atoms with van der Waals surface area (Å²) >= 11 is 3.22. The van der Waals surface area contributed by atoms with Crippen molar-refractivity contribution in [1.29, 1.82) is 0 Å². The molecule has 0 aliphatic heterocycles. The molecule has 3 nitrogen and oxygen atoms in total. The third kappa shape index (κ3) is 3.37. The van der Waals surface area contributed by atoms with Gasteiger partial charge in [0, 0.05) is 17.8 Å². The Morgan fingerprint density at radius 1 is 1.16 bits per heavy atom. The Morgan fingerprint density at radius 2 is 1.89 bits per heavy atom. The molecule has 0 amide bonds. The fraction of sp³-hybridized carbons (Fsp3) is 0.0833. The van der Waals surface area contributed by atoms with Crippen LogP contribution in [0.15, 0.2) is 40.9 Å². The van der Waals surface area contributed by atoms with E-state index in [9.17, 15) is 13.2 Å². The minimum atomic E-state index is -4.51. The predicted octanol–water partition coefficient (Wildman–Crippen LogP) is 4.24. The summed E-state index contributed by atoms with van der Waals surface area (Å²) in [6, 6.07) is 8.21. The zero-order valence-corrected chi connectivity index (χ0v) is 11.0. The van der Waals surface area contributed by atoms with Crippen molar-refractivity contribution in [2.24, 2.45) is 0 Å². The second kappa shape index (κ2) is 5.08. The lowest BCUT2D eigenvalue weighted by Crippen LogP contribution is -2.08. The Bertz CT molecular complexity index is 602. The molecule has 1 aromatic heterocycles. The Balaban J connectivity index is 2.31. The number of anilines is 1. The normalized spacial score (nSPS) is 11.4. The van der Waals surface area contributed by atoms with Gasteiger partial charge in [0.1, 0.15) is 11.4 Å². The maximum Gasteiger partial charge on any atom is 0.433 e. The van der Waals surface area contributed by atoms with E-state index in [0.29, 0.717) is 15.9 Å². The molecule has 0 atom stereocenters. The first-order valence-electron chi connectivity index (χ1n) is 5.13. The van der Waals surface area contributed by atoms with Gasteiger partial charge in [-0.2, -0.15) is 13.2 Å². The molecule has 0 unspecified atom stereocenters. The molecule has 2 rings (SSSR count). The van der Waals surface area contributed by atoms with Gasteiger partial charge in [0.15, 0.2) is 0 Å². The van der Waals surface area contributed by atoms with E-state index in [1.54, 1.807) is 12.1 Å². The van der Waals surface area contributed by atoms with E-state index >= 15 is 0 Å². The van der Waals surface area contributed by atoms with Crippen molar-refractivity contribution in [3.05, 3.63) is 46.6 Å². The first kappa shape index (κ1) is 13.7. The maximum atomic E-state index is 12.5. The standard InChI is InChI=1S/C12H8BrF3N2O/c13-8-5-4-7(17)6-9(8)19-11-3-1-2-10(18-11)12(14,15)16/h1-6H,17H2. The van der Waals surface area contributed by atoms with Crippen LogP contribution in [-0.4, -0.2) is 4.98 Å². The number of pyridine rings is 1. The van der Waals surface area contributed by atoms with Gasteiger partial charge in [-0.15, -0.1) is 0 Å². The number of hydrogen-bond acceptors (Lipinski definition) is 3. The number of aromatic nitrogens is 1. The lowest BCUT2D eigenvalue weighted by atomic mass is 10.3. The van der Waals surface area contributed by atoms with Crippen molar-refractivity contribution in [3.8, 4) is 11.6 Å². The SMILES string of the molecule is Nc1ccc(Br)c(Oc2cccc(C(F)(F)F)n2)c1. The molecule has 0 fully saturated rings. The lowest BCUT2D eigenvalue weighted by Gasteiger charge is -2.10. The van der Waals surface area contributed by atoms with Crippen LogP contribution < -0.4 is 10.5 Å². The summed E-state index contributed by atoms with van der Waals surface area (Å²) in [6.07, 6.45) is -4.51. The van der Waals surface area contributed by atoms with E-state index in [0.717, 1.165) is 6.07 Å². The van der Waals surface area contributed by atoms with E-state index in [-0.39, 0.29) is 5.88 Å². The molecule has 19 heavy (non-hydrogen) atoms. The molecule has 0 aliphatic carbocycles. The van der Waals surface area contributed by atoms with Gasteiger partial charge in [0.2, 0.25) is 5.88 Å². The van der Waals surface area contributed by atoms with Crippen LogP contribution in [0.4, 0.5) is 18.9 Å². The second-order valence-electron chi connectivity index (χ2n) is 3.65. The monoisotopic (exact) mass is 332 g/mol. The number of ether oxygens (including phenoxy) is 1. The highest BCUT2D eigenvalue weighted by atomic mass is 79.9. The van der Waals surface area contributed by atoms with Gasteiger partial charge >= 0.3 is 6.18 Å². The minimum absolute atomic E-state index is 0.152. The van der Waals surface area contributed by atoms with Crippen molar-refractivity contribution in [2.45, 2.75) is 6.18 Å². The molecule has 0 saturated heterocycles. The number of nitrogens with two attached hydrogens (primary N) is 1. The van der Waals surface area contributed by atoms with Crippen molar-refractivity contribution in [2.75, 3.05) is 5.73 Å². The minimum Gasteiger partial charge on any atom is -0.438 e. The predicted molar refractivity (Wildman–Crippen MR) is 67.9 cm³/mol. The van der Waals surface area contributed by atoms with Crippen LogP contribution in [0, 0.1) is 0 Å². The first-order valence-corrected chi connectivity index (χ1v) is 5.93. The number of alkyl halides is 3. The van der Waals surface area contributed by atoms with Crippen LogP contribution in [0.5, 0.6) is 11.6 Å². The summed E-state index contributed by atoms with van der Waals surface area (Å²) in [5.41, 5.74) is 5.01. The molecule has 100 valence electrons. The van der Waals surface area contributed by atoms with Crippen LogP contribution in [0.3, 0.4) is 0 Å². The smallest absolute Gasteiger partial charge is 0.433 e. The molecular formula is C12H8BrF3N2O. The van der Waals surface area contributed by atoms with Gasteiger partial charge in [-0.05, 0) is 34.1 Å². The summed E-state index contributed by atoms with van der Waals surface area (Å²) in [5.74, 6) is 0.146. The fourth-order valence-electron chi connectivity index (χ4n) is 1.34. The van der Waals surface area contributed by atoms with Gasteiger partial charge in [-0.3, -0.25) is 0 Å². The van der Waals surface area contributed by atoms with Crippen LogP contribution in [0.2, 0.25) is 0 Å². The van der Waals surface area contributed by atoms with Gasteiger partial charge < -0.3 is 10.5 Å². The summed E-state index contributed by atoms with van der Waals surface area (Å²) < 4.78 is 43.4. The molecule has 2 aromatic rings. The number of nitrogen functional groups attached to an aromatic ring is 1. The molecular weight excluding hydrogens is 325 g/mol. The maximum absolute atomic E-state index is 12.5. The molecule has 0 aliphatic rings. The van der Waals surface area contributed by atoms with Crippen LogP contribution in [0.1, 0.15) is 5.69 Å². The molecule has 0 saturated carbocycles. The Morgan fingerprint density at radius 3 is 2.58 bits per heavy atom. The van der Waals surface area contributed by atoms with E-state index in [1.165, 1.54) is 18.2 Å². The third-order valence-electron chi connectivity index (χ3n) is 2.18. The molecule has 2 N–H and O–H groups in total. The Hall–Kier alpha value is -1.76. The van der Waals surface area contributed by atoms with Gasteiger partial charge in [0.25, 0.3) is 0 Å². The number of rotatable bonds is 2. The van der Waals surface area contributed by atoms with Crippen LogP contribution in [0.25, 0.3) is 0 Å². The molecule has 1 heterocycles. The average Bonchev–Trinajstić information content (AvgIpc) is 2.33. The highest BCUT2D eigenvalue weighted by molar-refractivity contribution is 9.10. The van der Waals surface area contributed by atoms with Crippen LogP contribution in [-0.2, 0) is 6.18 Å². The van der Waals surface area contributed by atoms with Crippen molar-refractivity contribution in [1.82, 2.24) is 4.98 Å². The van der Waals surface area contributed by atoms with Gasteiger partial charge in [-0.1, -0.05) is 6.07 Å². The van der Waals surface area contributed by atoms with Gasteiger partial charge in [-0.25, -0.2) is 4.98 Å². The lowest BCUT2D eigenvalue weighted by molar-refractivity contribution is -0.141. The van der Waals surface area contributed by atoms with E-state index in [4.69, 9.17) is 10.5 Å². The van der Waals surface area contributed by atoms with Crippen molar-refractivity contribution in [3.63, 3.8) is 0 Å². The zero-order valence-electron chi connectivity index (χ0n) is 9.41. The summed E-state index contributed by atoms with van der Waals surface area (Å²) in [4.78, 5) is 3.40. The van der Waals surface area contributed by atoms with Crippen LogP contribution >= 0.6 is 15.9 Å². The van der Waals surface area contributed by atoms with E-state index in [1.807, 2.05) is 0 Å². The number of benzene rings is 1. The van der Waals surface area contributed by atoms with Crippen molar-refractivity contribution < 1.29 is 17.9 Å². The third-order valence-corrected chi connectivity index (χ3v) is 2.84. The highest BCUT2D eigenvalue weighted by Gasteiger charge is 2.32. The van der Waals surface area contributed by atoms with E-state index < -0.39 is 11.9 Å². The second-order valence-corrected chi connectivity index (χ2v) is 4.51. The zero-order chi connectivity index (χ0) is 14.0. The first-order chi connectivity index (χ1) is 8.86. The number of hydrogen-bond donors (Lipinski definition) is 1.